The van der Waals surface area contributed by atoms with Gasteiger partial charge < -0.3 is 25.0 Å². The van der Waals surface area contributed by atoms with Crippen LogP contribution in [0.4, 0.5) is 4.79 Å². The predicted molar refractivity (Wildman–Crippen MR) is 118 cm³/mol. The molecule has 1 aliphatic carbocycles. The first-order valence-electron chi connectivity index (χ1n) is 10.5. The molecule has 0 radical (unpaired) electrons. The minimum atomic E-state index is -1.02. The summed E-state index contributed by atoms with van der Waals surface area (Å²) in [5, 5.41) is 17.7. The minimum absolute atomic E-state index is 0.0627. The first kappa shape index (κ1) is 22.1. The Morgan fingerprint density at radius 2 is 1.73 bits per heavy atom. The van der Waals surface area contributed by atoms with E-state index >= 15 is 0 Å². The van der Waals surface area contributed by atoms with Crippen molar-refractivity contribution in [3.63, 3.8) is 0 Å². The number of hydrogen-bond donors (Lipinski definition) is 3. The Kier molecular flexibility index (Phi) is 6.39. The summed E-state index contributed by atoms with van der Waals surface area (Å²) in [5.74, 6) is -1.62. The van der Waals surface area contributed by atoms with Gasteiger partial charge in [-0.2, -0.15) is 0 Å². The Bertz CT molecular complexity index is 1140. The summed E-state index contributed by atoms with van der Waals surface area (Å²) in [6.07, 6.45) is 0.285. The van der Waals surface area contributed by atoms with Crippen LogP contribution in [0.1, 0.15) is 46.4 Å². The number of ether oxygens (including phenoxy) is 1. The van der Waals surface area contributed by atoms with E-state index in [4.69, 9.17) is 14.4 Å². The van der Waals surface area contributed by atoms with E-state index in [0.29, 0.717) is 0 Å². The molecule has 0 fully saturated rings. The topological polar surface area (TPSA) is 131 Å². The molecule has 2 amide bonds. The summed E-state index contributed by atoms with van der Waals surface area (Å²) in [6.45, 7) is 1.66. The van der Waals surface area contributed by atoms with Crippen molar-refractivity contribution < 1.29 is 28.8 Å². The van der Waals surface area contributed by atoms with E-state index in [9.17, 15) is 14.4 Å². The summed E-state index contributed by atoms with van der Waals surface area (Å²) in [7, 11) is 0. The van der Waals surface area contributed by atoms with Gasteiger partial charge in [0, 0.05) is 12.0 Å². The number of carboxylic acid groups (broad SMARTS) is 1. The van der Waals surface area contributed by atoms with Crippen LogP contribution in [0.15, 0.2) is 59.3 Å². The molecule has 0 bridgehead atoms. The summed E-state index contributed by atoms with van der Waals surface area (Å²) < 4.78 is 10.3. The van der Waals surface area contributed by atoms with Crippen molar-refractivity contribution in [3.8, 4) is 11.1 Å². The normalized spacial score (nSPS) is 13.0. The van der Waals surface area contributed by atoms with Crippen molar-refractivity contribution in [2.45, 2.75) is 31.8 Å². The summed E-state index contributed by atoms with van der Waals surface area (Å²) >= 11 is 0. The van der Waals surface area contributed by atoms with Crippen molar-refractivity contribution in [3.05, 3.63) is 77.2 Å². The fourth-order valence-electron chi connectivity index (χ4n) is 3.99. The lowest BCUT2D eigenvalue weighted by Gasteiger charge is -2.14. The Morgan fingerprint density at radius 3 is 2.36 bits per heavy atom. The molecule has 1 unspecified atom stereocenters. The van der Waals surface area contributed by atoms with Gasteiger partial charge >= 0.3 is 12.1 Å². The van der Waals surface area contributed by atoms with E-state index in [2.05, 4.69) is 27.9 Å². The fraction of sp³-hybridized carbons (Fsp3) is 0.250. The third-order valence-corrected chi connectivity index (χ3v) is 5.49. The van der Waals surface area contributed by atoms with Crippen molar-refractivity contribution in [1.82, 2.24) is 15.8 Å². The van der Waals surface area contributed by atoms with E-state index in [1.54, 1.807) is 6.92 Å². The zero-order valence-electron chi connectivity index (χ0n) is 17.9. The molecule has 170 valence electrons. The highest BCUT2D eigenvalue weighted by Gasteiger charge is 2.29. The van der Waals surface area contributed by atoms with Crippen molar-refractivity contribution in [2.24, 2.45) is 0 Å². The Balaban J connectivity index is 1.34. The number of nitrogens with zero attached hydrogens (tertiary/aromatic N) is 1. The summed E-state index contributed by atoms with van der Waals surface area (Å²) in [4.78, 5) is 35.5. The highest BCUT2D eigenvalue weighted by Crippen LogP contribution is 2.44. The number of benzene rings is 2. The van der Waals surface area contributed by atoms with Gasteiger partial charge in [-0.05, 0) is 29.2 Å². The number of amides is 2. The van der Waals surface area contributed by atoms with Gasteiger partial charge in [0.05, 0.1) is 13.0 Å². The fourth-order valence-corrected chi connectivity index (χ4v) is 3.99. The van der Waals surface area contributed by atoms with E-state index in [1.807, 2.05) is 36.4 Å². The molecule has 4 rings (SSSR count). The molecule has 33 heavy (non-hydrogen) atoms. The largest absolute Gasteiger partial charge is 0.481 e. The van der Waals surface area contributed by atoms with Gasteiger partial charge in [0.1, 0.15) is 24.1 Å². The first-order chi connectivity index (χ1) is 15.9. The van der Waals surface area contributed by atoms with Gasteiger partial charge in [0.15, 0.2) is 0 Å². The van der Waals surface area contributed by atoms with Crippen LogP contribution >= 0.6 is 0 Å². The third kappa shape index (κ3) is 4.87. The number of rotatable bonds is 8. The maximum absolute atomic E-state index is 12.3. The number of nitrogens with one attached hydrogen (secondary N) is 2. The van der Waals surface area contributed by atoms with Gasteiger partial charge in [0.25, 0.3) is 5.91 Å². The molecule has 0 saturated carbocycles. The van der Waals surface area contributed by atoms with E-state index in [0.717, 1.165) is 28.5 Å². The van der Waals surface area contributed by atoms with Gasteiger partial charge in [-0.1, -0.05) is 53.7 Å². The summed E-state index contributed by atoms with van der Waals surface area (Å²) in [6, 6.07) is 15.5. The van der Waals surface area contributed by atoms with Crippen LogP contribution in [-0.4, -0.2) is 40.9 Å². The number of carbonyl (C=O) groups excluding carboxylic acids is 2. The highest BCUT2D eigenvalue weighted by atomic mass is 16.5. The van der Waals surface area contributed by atoms with Crippen LogP contribution < -0.4 is 10.6 Å². The molecule has 3 aromatic rings. The molecule has 0 aliphatic heterocycles. The molecule has 1 aliphatic rings. The van der Waals surface area contributed by atoms with E-state index < -0.39 is 24.0 Å². The second-order valence-electron chi connectivity index (χ2n) is 7.83. The van der Waals surface area contributed by atoms with E-state index in [-0.39, 0.29) is 36.7 Å². The predicted octanol–water partition coefficient (Wildman–Crippen LogP) is 3.31. The molecule has 1 heterocycles. The van der Waals surface area contributed by atoms with Crippen LogP contribution in [-0.2, 0) is 16.1 Å². The lowest BCUT2D eigenvalue weighted by atomic mass is 9.98. The molecular weight excluding hydrogens is 426 g/mol. The first-order valence-corrected chi connectivity index (χ1v) is 10.5. The molecule has 0 saturated heterocycles. The molecule has 1 aromatic heterocycles. The molecule has 9 heteroatoms. The Hall–Kier alpha value is -4.14. The molecule has 9 nitrogen and oxygen atoms in total. The second-order valence-corrected chi connectivity index (χ2v) is 7.83. The second kappa shape index (κ2) is 9.56. The number of carboxylic acids is 1. The zero-order valence-corrected chi connectivity index (χ0v) is 17.9. The van der Waals surface area contributed by atoms with Crippen molar-refractivity contribution in [2.75, 3.05) is 6.61 Å². The van der Waals surface area contributed by atoms with Gasteiger partial charge in [-0.15, -0.1) is 0 Å². The number of aromatic nitrogens is 1. The van der Waals surface area contributed by atoms with Crippen LogP contribution in [0.25, 0.3) is 11.1 Å². The molecule has 1 atom stereocenters. The van der Waals surface area contributed by atoms with Crippen molar-refractivity contribution >= 4 is 18.0 Å². The number of aliphatic carboxylic acids is 1. The maximum atomic E-state index is 12.3. The number of carbonyl (C=O) groups is 3. The molecular formula is C24H23N3O6. The lowest BCUT2D eigenvalue weighted by Crippen LogP contribution is -2.35. The van der Waals surface area contributed by atoms with Crippen LogP contribution in [0.2, 0.25) is 0 Å². The van der Waals surface area contributed by atoms with E-state index in [1.165, 1.54) is 0 Å². The quantitative estimate of drug-likeness (QED) is 0.481. The zero-order chi connectivity index (χ0) is 23.4. The lowest BCUT2D eigenvalue weighted by molar-refractivity contribution is -0.137. The minimum Gasteiger partial charge on any atom is -0.481 e. The Morgan fingerprint density at radius 1 is 1.09 bits per heavy atom. The average molecular weight is 449 g/mol. The number of fused-ring (bicyclic) bond motifs is 3. The molecule has 0 spiro atoms. The molecule has 3 N–H and O–H groups in total. The van der Waals surface area contributed by atoms with Gasteiger partial charge in [0.2, 0.25) is 0 Å². The maximum Gasteiger partial charge on any atom is 0.407 e. The molecule has 2 aromatic carbocycles. The number of hydrogen-bond acceptors (Lipinski definition) is 6. The SMILES string of the molecule is CC(CC(=O)O)NC(=O)c1conc1CNC(=O)OCC1c2ccccc2-c2ccccc21. The van der Waals surface area contributed by atoms with Crippen LogP contribution in [0.3, 0.4) is 0 Å². The van der Waals surface area contributed by atoms with Crippen molar-refractivity contribution in [1.29, 1.82) is 0 Å². The third-order valence-electron chi connectivity index (χ3n) is 5.49. The highest BCUT2D eigenvalue weighted by molar-refractivity contribution is 5.95. The summed E-state index contributed by atoms with van der Waals surface area (Å²) in [5.41, 5.74) is 4.82. The van der Waals surface area contributed by atoms with Crippen LogP contribution in [0.5, 0.6) is 0 Å². The average Bonchev–Trinajstić information content (AvgIpc) is 3.38. The van der Waals surface area contributed by atoms with Gasteiger partial charge in [-0.25, -0.2) is 4.79 Å². The monoisotopic (exact) mass is 449 g/mol. The number of alkyl carbamates (subject to hydrolysis) is 1. The van der Waals surface area contributed by atoms with Gasteiger partial charge in [-0.3, -0.25) is 9.59 Å². The Labute approximate surface area is 189 Å². The smallest absolute Gasteiger partial charge is 0.407 e. The standard InChI is InChI=1S/C24H23N3O6/c1-14(10-22(28)29)26-23(30)20-13-33-27-21(20)11-25-24(31)32-12-19-17-8-4-2-6-15(17)16-7-3-5-9-18(16)19/h2-9,13-14,19H,10-12H2,1H3,(H,25,31)(H,26,30)(H,28,29). The van der Waals surface area contributed by atoms with Crippen LogP contribution in [0, 0.1) is 0 Å².